The molecule has 1 fully saturated rings. The number of carbonyl (C=O) groups excluding carboxylic acids is 3. The second kappa shape index (κ2) is 17.7. The number of hydrogen-bond donors (Lipinski definition) is 0. The summed E-state index contributed by atoms with van der Waals surface area (Å²) in [4.78, 5) is 39.2. The Morgan fingerprint density at radius 2 is 1.37 bits per heavy atom. The fourth-order valence-corrected chi connectivity index (χ4v) is 5.30. The molecule has 1 amide bonds. The van der Waals surface area contributed by atoms with Gasteiger partial charge in [-0.25, -0.2) is 9.59 Å². The van der Waals surface area contributed by atoms with Gasteiger partial charge in [0.1, 0.15) is 6.04 Å². The highest BCUT2D eigenvalue weighted by Crippen LogP contribution is 2.43. The van der Waals surface area contributed by atoms with Gasteiger partial charge in [-0.3, -0.25) is 9.69 Å². The summed E-state index contributed by atoms with van der Waals surface area (Å²) in [5.41, 5.74) is 0.638. The van der Waals surface area contributed by atoms with Gasteiger partial charge in [0.2, 0.25) is 6.29 Å². The molecule has 284 valence electrons. The molecule has 2 atom stereocenters. The first-order valence-electron chi connectivity index (χ1n) is 15.6. The van der Waals surface area contributed by atoms with Crippen molar-refractivity contribution in [2.75, 3.05) is 44.2 Å². The molecule has 0 spiro atoms. The lowest BCUT2D eigenvalue weighted by Gasteiger charge is -2.41. The molecule has 2 unspecified atom stereocenters. The molecular formula is C32H36F9N3O7. The Morgan fingerprint density at radius 3 is 1.94 bits per heavy atom. The lowest BCUT2D eigenvalue weighted by atomic mass is 10.00. The van der Waals surface area contributed by atoms with Gasteiger partial charge in [-0.2, -0.15) is 39.5 Å². The Bertz CT molecular complexity index is 1420. The first-order valence-corrected chi connectivity index (χ1v) is 15.6. The zero-order chi connectivity index (χ0) is 38.0. The van der Waals surface area contributed by atoms with Gasteiger partial charge in [-0.15, -0.1) is 0 Å². The van der Waals surface area contributed by atoms with Crippen molar-refractivity contribution in [2.24, 2.45) is 0 Å². The summed E-state index contributed by atoms with van der Waals surface area (Å²) >= 11 is 0. The number of rotatable bonds is 13. The number of halogens is 9. The van der Waals surface area contributed by atoms with Crippen molar-refractivity contribution < 1.29 is 72.8 Å². The molecule has 51 heavy (non-hydrogen) atoms. The third-order valence-corrected chi connectivity index (χ3v) is 7.48. The smallest absolute Gasteiger partial charge is 0.435 e. The van der Waals surface area contributed by atoms with Crippen molar-refractivity contribution in [3.05, 3.63) is 65.7 Å². The molecule has 10 nitrogen and oxygen atoms in total. The number of hydrogen-bond acceptors (Lipinski definition) is 9. The maximum absolute atomic E-state index is 14.8. The molecule has 1 aliphatic heterocycles. The van der Waals surface area contributed by atoms with Crippen molar-refractivity contribution in [3.8, 4) is 0 Å². The number of nitrogens with zero attached hydrogens (tertiary/aromatic N) is 3. The molecule has 0 N–H and O–H groups in total. The third-order valence-electron chi connectivity index (χ3n) is 7.48. The van der Waals surface area contributed by atoms with Gasteiger partial charge in [0.15, 0.2) is 0 Å². The predicted molar refractivity (Wildman–Crippen MR) is 161 cm³/mol. The van der Waals surface area contributed by atoms with Crippen LogP contribution in [-0.4, -0.2) is 98.3 Å². The quantitative estimate of drug-likeness (QED) is 0.0901. The van der Waals surface area contributed by atoms with E-state index in [4.69, 9.17) is 9.47 Å². The van der Waals surface area contributed by atoms with Gasteiger partial charge in [0.25, 0.3) is 6.10 Å². The van der Waals surface area contributed by atoms with E-state index in [9.17, 15) is 53.9 Å². The predicted octanol–water partition coefficient (Wildman–Crippen LogP) is 7.39. The number of esters is 1. The normalized spacial score (nSPS) is 15.6. The molecule has 0 bridgehead atoms. The second-order valence-corrected chi connectivity index (χ2v) is 11.2. The fourth-order valence-electron chi connectivity index (χ4n) is 5.30. The first-order chi connectivity index (χ1) is 23.8. The Labute approximate surface area is 286 Å². The highest BCUT2D eigenvalue weighted by molar-refractivity contribution is 5.70. The highest BCUT2D eigenvalue weighted by atomic mass is 19.4. The van der Waals surface area contributed by atoms with Crippen LogP contribution in [0.1, 0.15) is 43.9 Å². The average molecular weight is 746 g/mol. The van der Waals surface area contributed by atoms with E-state index in [1.54, 1.807) is 42.2 Å². The summed E-state index contributed by atoms with van der Waals surface area (Å²) in [5.74, 6) is -0.749. The first kappa shape index (κ1) is 41.0. The third kappa shape index (κ3) is 12.4. The average Bonchev–Trinajstić information content (AvgIpc) is 3.02. The van der Waals surface area contributed by atoms with Crippen LogP contribution >= 0.6 is 0 Å². The maximum Gasteiger partial charge on any atom is 0.511 e. The summed E-state index contributed by atoms with van der Waals surface area (Å²) in [6, 6.07) is 12.0. The molecular weight excluding hydrogens is 709 g/mol. The minimum Gasteiger partial charge on any atom is -0.435 e. The van der Waals surface area contributed by atoms with Crippen LogP contribution in [0.4, 0.5) is 54.8 Å². The van der Waals surface area contributed by atoms with Crippen molar-refractivity contribution in [3.63, 3.8) is 0 Å². The molecule has 1 saturated heterocycles. The number of piperazine rings is 1. The lowest BCUT2D eigenvalue weighted by molar-refractivity contribution is -0.308. The largest absolute Gasteiger partial charge is 0.511 e. The minimum absolute atomic E-state index is 0.0371. The number of anilines is 1. The van der Waals surface area contributed by atoms with Gasteiger partial charge >= 0.3 is 36.7 Å². The SMILES string of the molecule is CCOC(=O)OC(C)OC(=O)CCCN(Cc1ccccc1)c1ccccc1C(N1CCN(C(=O)OC(C(F)(F)F)C(F)(F)F)CC1)C(F)(F)F. The summed E-state index contributed by atoms with van der Waals surface area (Å²) in [6.07, 6.45) is -25.6. The number of para-hydroxylation sites is 1. The van der Waals surface area contributed by atoms with Gasteiger partial charge in [0.05, 0.1) is 6.61 Å². The summed E-state index contributed by atoms with van der Waals surface area (Å²) < 4.78 is 140. The van der Waals surface area contributed by atoms with E-state index in [0.29, 0.717) is 4.90 Å². The van der Waals surface area contributed by atoms with Crippen LogP contribution in [0.15, 0.2) is 54.6 Å². The van der Waals surface area contributed by atoms with E-state index in [0.717, 1.165) is 10.5 Å². The molecule has 3 rings (SSSR count). The van der Waals surface area contributed by atoms with E-state index in [1.165, 1.54) is 31.2 Å². The van der Waals surface area contributed by atoms with Crippen molar-refractivity contribution in [1.29, 1.82) is 0 Å². The van der Waals surface area contributed by atoms with Gasteiger partial charge in [-0.1, -0.05) is 48.5 Å². The topological polar surface area (TPSA) is 97.9 Å². The molecule has 1 heterocycles. The number of alkyl halides is 9. The summed E-state index contributed by atoms with van der Waals surface area (Å²) in [7, 11) is 0. The van der Waals surface area contributed by atoms with Crippen molar-refractivity contribution in [1.82, 2.24) is 9.80 Å². The summed E-state index contributed by atoms with van der Waals surface area (Å²) in [5, 5.41) is 0. The molecule has 0 radical (unpaired) electrons. The minimum atomic E-state index is -5.95. The van der Waals surface area contributed by atoms with Crippen LogP contribution in [0.3, 0.4) is 0 Å². The van der Waals surface area contributed by atoms with Gasteiger partial charge < -0.3 is 28.7 Å². The number of benzene rings is 2. The highest BCUT2D eigenvalue weighted by Gasteiger charge is 2.60. The van der Waals surface area contributed by atoms with E-state index in [2.05, 4.69) is 9.47 Å². The monoisotopic (exact) mass is 745 g/mol. The van der Waals surface area contributed by atoms with E-state index in [1.807, 2.05) is 0 Å². The lowest BCUT2D eigenvalue weighted by Crippen LogP contribution is -2.54. The molecule has 1 aliphatic rings. The second-order valence-electron chi connectivity index (χ2n) is 11.2. The molecule has 0 aromatic heterocycles. The number of amides is 1. The number of carbonyl (C=O) groups is 3. The fraction of sp³-hybridized carbons (Fsp3) is 0.531. The van der Waals surface area contributed by atoms with Crippen LogP contribution in [0.2, 0.25) is 0 Å². The molecule has 0 aliphatic carbocycles. The van der Waals surface area contributed by atoms with Crippen LogP contribution in [0.5, 0.6) is 0 Å². The Morgan fingerprint density at radius 1 is 0.784 bits per heavy atom. The van der Waals surface area contributed by atoms with Gasteiger partial charge in [0, 0.05) is 63.9 Å². The van der Waals surface area contributed by atoms with E-state index < -0.39 is 81.4 Å². The van der Waals surface area contributed by atoms with Crippen LogP contribution in [0, 0.1) is 0 Å². The Hall–Kier alpha value is -4.42. The van der Waals surface area contributed by atoms with E-state index >= 15 is 0 Å². The molecule has 2 aromatic carbocycles. The van der Waals surface area contributed by atoms with Crippen molar-refractivity contribution in [2.45, 2.75) is 70.2 Å². The van der Waals surface area contributed by atoms with Crippen LogP contribution < -0.4 is 4.90 Å². The molecule has 19 heteroatoms. The zero-order valence-corrected chi connectivity index (χ0v) is 27.4. The van der Waals surface area contributed by atoms with Crippen molar-refractivity contribution >= 4 is 23.9 Å². The number of ether oxygens (including phenoxy) is 4. The van der Waals surface area contributed by atoms with Gasteiger partial charge in [-0.05, 0) is 25.0 Å². The standard InChI is InChI=1S/C32H36F9N3O7/c1-3-48-29(47)50-21(2)49-25(45)14-9-15-44(20-22-10-5-4-6-11-22)24-13-8-7-12-23(24)26(30(33,34)35)42-16-18-43(19-17-42)28(46)51-27(31(36,37)38)32(39,40)41/h4-8,10-13,21,26-27H,3,9,14-20H2,1-2H3. The maximum atomic E-state index is 14.8. The zero-order valence-electron chi connectivity index (χ0n) is 27.4. The van der Waals surface area contributed by atoms with Crippen LogP contribution in [-0.2, 0) is 30.3 Å². The van der Waals surface area contributed by atoms with Crippen LogP contribution in [0.25, 0.3) is 0 Å². The summed E-state index contributed by atoms with van der Waals surface area (Å²) in [6.45, 7) is 0.631. The Kier molecular flexibility index (Phi) is 14.2. The molecule has 2 aromatic rings. The molecule has 0 saturated carbocycles. The Balaban J connectivity index is 1.80. The van der Waals surface area contributed by atoms with E-state index in [-0.39, 0.29) is 43.8 Å².